The van der Waals surface area contributed by atoms with E-state index in [-0.39, 0.29) is 17.5 Å². The number of rotatable bonds is 5. The predicted molar refractivity (Wildman–Crippen MR) is 116 cm³/mol. The van der Waals surface area contributed by atoms with Crippen LogP contribution in [0.25, 0.3) is 11.4 Å². The fourth-order valence-electron chi connectivity index (χ4n) is 4.46. The maximum absolute atomic E-state index is 8.36. The molecule has 1 fully saturated rings. The molecule has 1 unspecified atom stereocenters. The summed E-state index contributed by atoms with van der Waals surface area (Å²) in [5.41, 5.74) is 2.56. The van der Waals surface area contributed by atoms with Crippen molar-refractivity contribution in [2.45, 2.75) is 50.7 Å². The molecule has 1 N–H and O–H groups in total. The first kappa shape index (κ1) is 21.7. The number of hydrogen-bond donors (Lipinski definition) is 1. The standard InChI is InChI=1S/C23H27N3O.CH2O2/c1-22(2)18-23(11-17-27-22,20-6-4-3-5-7-20)10-15-26-16-14-25-21(26)19-8-12-24-13-9-19;2-1-3/h3-9,12-14,16H,10-11,15,17-18H2,1-2H3;1H,(H,2,3). The van der Waals surface area contributed by atoms with Gasteiger partial charge in [0.15, 0.2) is 0 Å². The van der Waals surface area contributed by atoms with Gasteiger partial charge in [0.05, 0.1) is 5.60 Å². The normalized spacial score (nSPS) is 20.1. The van der Waals surface area contributed by atoms with Gasteiger partial charge in [-0.2, -0.15) is 0 Å². The highest BCUT2D eigenvalue weighted by Gasteiger charge is 2.41. The van der Waals surface area contributed by atoms with Gasteiger partial charge in [-0.15, -0.1) is 0 Å². The van der Waals surface area contributed by atoms with Gasteiger partial charge in [-0.25, -0.2) is 4.98 Å². The summed E-state index contributed by atoms with van der Waals surface area (Å²) in [7, 11) is 0. The van der Waals surface area contributed by atoms with Crippen LogP contribution >= 0.6 is 0 Å². The zero-order chi connectivity index (χ0) is 21.5. The van der Waals surface area contributed by atoms with E-state index in [0.29, 0.717) is 0 Å². The highest BCUT2D eigenvalue weighted by atomic mass is 16.5. The monoisotopic (exact) mass is 407 g/mol. The molecule has 1 atom stereocenters. The van der Waals surface area contributed by atoms with E-state index in [1.807, 2.05) is 30.7 Å². The average Bonchev–Trinajstić information content (AvgIpc) is 3.22. The van der Waals surface area contributed by atoms with Gasteiger partial charge < -0.3 is 14.4 Å². The first-order chi connectivity index (χ1) is 14.5. The third kappa shape index (κ3) is 5.13. The fraction of sp³-hybridized carbons (Fsp3) is 0.375. The van der Waals surface area contributed by atoms with Crippen molar-refractivity contribution in [3.63, 3.8) is 0 Å². The number of pyridine rings is 1. The van der Waals surface area contributed by atoms with Gasteiger partial charge in [0, 0.05) is 48.9 Å². The highest BCUT2D eigenvalue weighted by molar-refractivity contribution is 5.54. The Morgan fingerprint density at radius 2 is 1.83 bits per heavy atom. The lowest BCUT2D eigenvalue weighted by Gasteiger charge is -2.45. The summed E-state index contributed by atoms with van der Waals surface area (Å²) in [6, 6.07) is 15.0. The number of ether oxygens (including phenoxy) is 1. The van der Waals surface area contributed by atoms with Crippen molar-refractivity contribution >= 4 is 6.47 Å². The molecular weight excluding hydrogens is 378 g/mol. The van der Waals surface area contributed by atoms with E-state index in [0.717, 1.165) is 43.8 Å². The number of hydrogen-bond acceptors (Lipinski definition) is 4. The van der Waals surface area contributed by atoms with Crippen LogP contribution in [-0.4, -0.2) is 38.3 Å². The number of carboxylic acid groups (broad SMARTS) is 1. The third-order valence-corrected chi connectivity index (χ3v) is 5.71. The van der Waals surface area contributed by atoms with E-state index in [1.54, 1.807) is 0 Å². The van der Waals surface area contributed by atoms with Crippen LogP contribution in [0.4, 0.5) is 0 Å². The van der Waals surface area contributed by atoms with Crippen LogP contribution in [0.15, 0.2) is 67.3 Å². The first-order valence-corrected chi connectivity index (χ1v) is 10.2. The van der Waals surface area contributed by atoms with E-state index >= 15 is 0 Å². The molecule has 0 saturated carbocycles. The Hall–Kier alpha value is -2.99. The minimum Gasteiger partial charge on any atom is -0.483 e. The van der Waals surface area contributed by atoms with Gasteiger partial charge in [0.25, 0.3) is 6.47 Å². The quantitative estimate of drug-likeness (QED) is 0.627. The molecule has 0 aliphatic carbocycles. The van der Waals surface area contributed by atoms with Crippen molar-refractivity contribution in [3.05, 3.63) is 72.8 Å². The third-order valence-electron chi connectivity index (χ3n) is 5.71. The number of carbonyl (C=O) groups is 1. The van der Waals surface area contributed by atoms with Gasteiger partial charge in [-0.05, 0) is 50.8 Å². The van der Waals surface area contributed by atoms with Crippen LogP contribution in [-0.2, 0) is 21.5 Å². The lowest BCUT2D eigenvalue weighted by atomic mass is 9.67. The largest absolute Gasteiger partial charge is 0.483 e. The fourth-order valence-corrected chi connectivity index (χ4v) is 4.46. The molecule has 0 amide bonds. The van der Waals surface area contributed by atoms with Crippen molar-refractivity contribution in [1.29, 1.82) is 0 Å². The summed E-state index contributed by atoms with van der Waals surface area (Å²) < 4.78 is 8.31. The van der Waals surface area contributed by atoms with E-state index in [1.165, 1.54) is 5.56 Å². The highest BCUT2D eigenvalue weighted by Crippen LogP contribution is 2.44. The molecule has 2 aromatic heterocycles. The second-order valence-electron chi connectivity index (χ2n) is 8.22. The lowest BCUT2D eigenvalue weighted by Crippen LogP contribution is -2.44. The molecule has 158 valence electrons. The Morgan fingerprint density at radius 1 is 1.13 bits per heavy atom. The molecule has 1 aliphatic rings. The molecule has 4 rings (SSSR count). The summed E-state index contributed by atoms with van der Waals surface area (Å²) in [6.45, 7) is 5.92. The molecular formula is C24H29N3O3. The summed E-state index contributed by atoms with van der Waals surface area (Å²) in [5.74, 6) is 1.01. The summed E-state index contributed by atoms with van der Waals surface area (Å²) in [6.07, 6.45) is 10.8. The summed E-state index contributed by atoms with van der Waals surface area (Å²) in [5, 5.41) is 6.89. The molecule has 1 saturated heterocycles. The van der Waals surface area contributed by atoms with E-state index in [9.17, 15) is 0 Å². The molecule has 6 heteroatoms. The van der Waals surface area contributed by atoms with Crippen molar-refractivity contribution < 1.29 is 14.6 Å². The minimum absolute atomic E-state index is 0.100. The van der Waals surface area contributed by atoms with Crippen LogP contribution in [0.3, 0.4) is 0 Å². The van der Waals surface area contributed by atoms with Crippen LogP contribution < -0.4 is 0 Å². The SMILES string of the molecule is CC1(C)CC(CCn2ccnc2-c2ccncc2)(c2ccccc2)CCO1.O=CO. The first-order valence-electron chi connectivity index (χ1n) is 10.2. The second kappa shape index (κ2) is 9.67. The van der Waals surface area contributed by atoms with E-state index in [2.05, 4.69) is 64.9 Å². The topological polar surface area (TPSA) is 77.2 Å². The Labute approximate surface area is 177 Å². The van der Waals surface area contributed by atoms with Crippen molar-refractivity contribution in [1.82, 2.24) is 14.5 Å². The zero-order valence-corrected chi connectivity index (χ0v) is 17.6. The Kier molecular flexibility index (Phi) is 7.00. The molecule has 6 nitrogen and oxygen atoms in total. The van der Waals surface area contributed by atoms with Crippen molar-refractivity contribution in [3.8, 4) is 11.4 Å². The average molecular weight is 408 g/mol. The van der Waals surface area contributed by atoms with Crippen molar-refractivity contribution in [2.75, 3.05) is 6.61 Å². The smallest absolute Gasteiger partial charge is 0.290 e. The lowest BCUT2D eigenvalue weighted by molar-refractivity contribution is -0.122. The number of aryl methyl sites for hydroxylation is 1. The molecule has 30 heavy (non-hydrogen) atoms. The number of aromatic nitrogens is 3. The summed E-state index contributed by atoms with van der Waals surface area (Å²) in [4.78, 5) is 17.1. The van der Waals surface area contributed by atoms with Gasteiger partial charge in [-0.3, -0.25) is 9.78 Å². The van der Waals surface area contributed by atoms with E-state index in [4.69, 9.17) is 14.6 Å². The minimum atomic E-state index is -0.250. The molecule has 0 spiro atoms. The maximum atomic E-state index is 8.36. The van der Waals surface area contributed by atoms with Gasteiger partial charge in [0.1, 0.15) is 5.82 Å². The molecule has 0 bridgehead atoms. The maximum Gasteiger partial charge on any atom is 0.290 e. The number of imidazole rings is 1. The number of benzene rings is 1. The molecule has 0 radical (unpaired) electrons. The van der Waals surface area contributed by atoms with Gasteiger partial charge >= 0.3 is 0 Å². The van der Waals surface area contributed by atoms with Crippen LogP contribution in [0.2, 0.25) is 0 Å². The molecule has 1 aliphatic heterocycles. The zero-order valence-electron chi connectivity index (χ0n) is 17.6. The van der Waals surface area contributed by atoms with Gasteiger partial charge in [0.2, 0.25) is 0 Å². The molecule has 3 aromatic rings. The second-order valence-corrected chi connectivity index (χ2v) is 8.22. The Morgan fingerprint density at radius 3 is 2.50 bits per heavy atom. The van der Waals surface area contributed by atoms with Gasteiger partial charge in [-0.1, -0.05) is 30.3 Å². The van der Waals surface area contributed by atoms with Crippen molar-refractivity contribution in [2.24, 2.45) is 0 Å². The predicted octanol–water partition coefficient (Wildman–Crippen LogP) is 4.56. The molecule has 3 heterocycles. The van der Waals surface area contributed by atoms with Crippen LogP contribution in [0, 0.1) is 0 Å². The van der Waals surface area contributed by atoms with Crippen LogP contribution in [0.5, 0.6) is 0 Å². The van der Waals surface area contributed by atoms with Crippen LogP contribution in [0.1, 0.15) is 38.7 Å². The Bertz CT molecular complexity index is 925. The Balaban J connectivity index is 0.000000806. The van der Waals surface area contributed by atoms with E-state index < -0.39 is 0 Å². The number of nitrogens with zero attached hydrogens (tertiary/aromatic N) is 3. The summed E-state index contributed by atoms with van der Waals surface area (Å²) >= 11 is 0. The molecule has 1 aromatic carbocycles.